The van der Waals surface area contributed by atoms with Crippen LogP contribution < -0.4 is 5.73 Å². The van der Waals surface area contributed by atoms with Gasteiger partial charge in [-0.15, -0.1) is 0 Å². The number of amides is 1. The molecule has 1 rings (SSSR count). The lowest BCUT2D eigenvalue weighted by Crippen LogP contribution is -2.27. The zero-order valence-electron chi connectivity index (χ0n) is 12.1. The molecule has 0 saturated carbocycles. The number of allylic oxidation sites excluding steroid dienone is 2. The number of carboxylic acid groups (broad SMARTS) is 1. The number of aliphatic hydroxyl groups excluding tert-OH is 1. The SMILES string of the molecule is CC1(C)CC(=O)C(C=NC(CCC(N)=O)C(=O)O)=C(O)C1. The van der Waals surface area contributed by atoms with E-state index in [1.54, 1.807) is 0 Å². The lowest BCUT2D eigenvalue weighted by molar-refractivity contribution is -0.138. The third-order valence-electron chi connectivity index (χ3n) is 3.23. The Labute approximate surface area is 122 Å². The van der Waals surface area contributed by atoms with Crippen LogP contribution in [-0.2, 0) is 14.4 Å². The van der Waals surface area contributed by atoms with Gasteiger partial charge in [0, 0.05) is 25.5 Å². The van der Waals surface area contributed by atoms with Crippen molar-refractivity contribution in [1.82, 2.24) is 0 Å². The maximum atomic E-state index is 11.9. The van der Waals surface area contributed by atoms with E-state index in [4.69, 9.17) is 10.8 Å². The Hall–Kier alpha value is -2.18. The molecule has 0 saturated heterocycles. The van der Waals surface area contributed by atoms with Crippen molar-refractivity contribution in [1.29, 1.82) is 0 Å². The molecule has 7 heteroatoms. The zero-order chi connectivity index (χ0) is 16.2. The number of hydrogen-bond acceptors (Lipinski definition) is 5. The first-order valence-electron chi connectivity index (χ1n) is 6.62. The summed E-state index contributed by atoms with van der Waals surface area (Å²) in [6.45, 7) is 3.73. The second-order valence-electron chi connectivity index (χ2n) is 5.94. The van der Waals surface area contributed by atoms with Crippen LogP contribution in [0.3, 0.4) is 0 Å². The molecule has 0 spiro atoms. The quantitative estimate of drug-likeness (QED) is 0.629. The molecular weight excluding hydrogens is 276 g/mol. The maximum absolute atomic E-state index is 11.9. The first kappa shape index (κ1) is 16.9. The molecule has 1 atom stereocenters. The van der Waals surface area contributed by atoms with Crippen molar-refractivity contribution in [2.75, 3.05) is 0 Å². The van der Waals surface area contributed by atoms with Crippen molar-refractivity contribution in [3.63, 3.8) is 0 Å². The molecule has 0 aromatic carbocycles. The predicted octanol–water partition coefficient (Wildman–Crippen LogP) is 0.977. The molecule has 1 aliphatic carbocycles. The van der Waals surface area contributed by atoms with Gasteiger partial charge in [0.1, 0.15) is 11.8 Å². The van der Waals surface area contributed by atoms with E-state index in [1.165, 1.54) is 0 Å². The highest BCUT2D eigenvalue weighted by Crippen LogP contribution is 2.35. The summed E-state index contributed by atoms with van der Waals surface area (Å²) in [5.74, 6) is -2.18. The Morgan fingerprint density at radius 3 is 2.52 bits per heavy atom. The summed E-state index contributed by atoms with van der Waals surface area (Å²) in [6.07, 6.45) is 1.53. The van der Waals surface area contributed by atoms with E-state index >= 15 is 0 Å². The van der Waals surface area contributed by atoms with Gasteiger partial charge in [0.2, 0.25) is 5.91 Å². The van der Waals surface area contributed by atoms with E-state index in [-0.39, 0.29) is 41.8 Å². The van der Waals surface area contributed by atoms with Gasteiger partial charge >= 0.3 is 5.97 Å². The van der Waals surface area contributed by atoms with Crippen LogP contribution in [0.15, 0.2) is 16.3 Å². The molecule has 7 nitrogen and oxygen atoms in total. The van der Waals surface area contributed by atoms with Crippen LogP contribution >= 0.6 is 0 Å². The van der Waals surface area contributed by atoms with Gasteiger partial charge in [0.15, 0.2) is 5.78 Å². The van der Waals surface area contributed by atoms with Crippen molar-refractivity contribution in [3.05, 3.63) is 11.3 Å². The van der Waals surface area contributed by atoms with Gasteiger partial charge in [-0.05, 0) is 11.8 Å². The number of nitrogens with zero attached hydrogens (tertiary/aromatic N) is 1. The molecule has 1 unspecified atom stereocenters. The van der Waals surface area contributed by atoms with Crippen molar-refractivity contribution < 1.29 is 24.6 Å². The number of rotatable bonds is 6. The van der Waals surface area contributed by atoms with Gasteiger partial charge in [0.25, 0.3) is 0 Å². The maximum Gasteiger partial charge on any atom is 0.328 e. The number of carbonyl (C=O) groups excluding carboxylic acids is 2. The molecule has 116 valence electrons. The van der Waals surface area contributed by atoms with Gasteiger partial charge < -0.3 is 15.9 Å². The number of aliphatic hydroxyl groups is 1. The minimum Gasteiger partial charge on any atom is -0.511 e. The van der Waals surface area contributed by atoms with Crippen LogP contribution in [0.5, 0.6) is 0 Å². The highest BCUT2D eigenvalue weighted by atomic mass is 16.4. The number of Topliss-reactive ketones (excluding diaryl/α,β-unsaturated/α-hetero) is 1. The van der Waals surface area contributed by atoms with E-state index in [9.17, 15) is 19.5 Å². The van der Waals surface area contributed by atoms with Crippen LogP contribution in [-0.4, -0.2) is 40.1 Å². The standard InChI is InChI=1S/C14H20N2O5/c1-14(2)5-10(17)8(11(18)6-14)7-16-9(13(20)21)3-4-12(15)19/h7,9,17H,3-6H2,1-2H3,(H2,15,19)(H,20,21). The average Bonchev–Trinajstić information content (AvgIpc) is 2.29. The number of primary amides is 1. The first-order valence-corrected chi connectivity index (χ1v) is 6.62. The molecule has 0 aromatic rings. The van der Waals surface area contributed by atoms with Gasteiger partial charge in [-0.25, -0.2) is 4.79 Å². The Bertz CT molecular complexity index is 519. The number of hydrogen-bond donors (Lipinski definition) is 3. The lowest BCUT2D eigenvalue weighted by Gasteiger charge is -2.28. The second kappa shape index (κ2) is 6.51. The van der Waals surface area contributed by atoms with E-state index in [0.717, 1.165) is 6.21 Å². The lowest BCUT2D eigenvalue weighted by atomic mass is 9.77. The topological polar surface area (TPSA) is 130 Å². The fourth-order valence-electron chi connectivity index (χ4n) is 2.15. The summed E-state index contributed by atoms with van der Waals surface area (Å²) in [4.78, 5) is 37.4. The molecule has 0 heterocycles. The van der Waals surface area contributed by atoms with Crippen LogP contribution in [0, 0.1) is 5.41 Å². The second-order valence-corrected chi connectivity index (χ2v) is 5.94. The van der Waals surface area contributed by atoms with Gasteiger partial charge in [-0.2, -0.15) is 0 Å². The van der Waals surface area contributed by atoms with E-state index < -0.39 is 17.9 Å². The number of ketones is 1. The summed E-state index contributed by atoms with van der Waals surface area (Å²) in [5.41, 5.74) is 4.69. The average molecular weight is 296 g/mol. The molecule has 0 aromatic heterocycles. The number of aliphatic imine (C=N–C) groups is 1. The monoisotopic (exact) mass is 296 g/mol. The Balaban J connectivity index is 2.88. The Morgan fingerprint density at radius 2 is 2.05 bits per heavy atom. The Morgan fingerprint density at radius 1 is 1.43 bits per heavy atom. The molecule has 1 amide bonds. The minimum atomic E-state index is -1.21. The van der Waals surface area contributed by atoms with Crippen molar-refractivity contribution in [3.8, 4) is 0 Å². The van der Waals surface area contributed by atoms with E-state index in [2.05, 4.69) is 4.99 Å². The summed E-state index contributed by atoms with van der Waals surface area (Å²) in [7, 11) is 0. The summed E-state index contributed by atoms with van der Waals surface area (Å²) >= 11 is 0. The normalized spacial score (nSPS) is 19.8. The third-order valence-corrected chi connectivity index (χ3v) is 3.23. The number of aliphatic carboxylic acids is 1. The van der Waals surface area contributed by atoms with Crippen molar-refractivity contribution in [2.45, 2.75) is 45.6 Å². The Kier molecular flexibility index (Phi) is 5.23. The summed E-state index contributed by atoms with van der Waals surface area (Å²) < 4.78 is 0. The number of nitrogens with two attached hydrogens (primary N) is 1. The summed E-state index contributed by atoms with van der Waals surface area (Å²) in [5, 5.41) is 18.9. The predicted molar refractivity (Wildman–Crippen MR) is 76.0 cm³/mol. The fourth-order valence-corrected chi connectivity index (χ4v) is 2.15. The third kappa shape index (κ3) is 5.02. The molecule has 0 aliphatic heterocycles. The zero-order valence-corrected chi connectivity index (χ0v) is 12.1. The van der Waals surface area contributed by atoms with Crippen LogP contribution in [0.4, 0.5) is 0 Å². The molecule has 0 fully saturated rings. The van der Waals surface area contributed by atoms with Gasteiger partial charge in [-0.1, -0.05) is 13.8 Å². The fraction of sp³-hybridized carbons (Fsp3) is 0.571. The largest absolute Gasteiger partial charge is 0.511 e. The smallest absolute Gasteiger partial charge is 0.328 e. The molecule has 1 aliphatic rings. The summed E-state index contributed by atoms with van der Waals surface area (Å²) in [6, 6.07) is -1.17. The van der Waals surface area contributed by atoms with Crippen LogP contribution in [0.25, 0.3) is 0 Å². The minimum absolute atomic E-state index is 0.0413. The number of carbonyl (C=O) groups is 3. The van der Waals surface area contributed by atoms with Crippen LogP contribution in [0.1, 0.15) is 39.5 Å². The molecule has 0 bridgehead atoms. The van der Waals surface area contributed by atoms with E-state index in [0.29, 0.717) is 6.42 Å². The molecule has 21 heavy (non-hydrogen) atoms. The van der Waals surface area contributed by atoms with E-state index in [1.807, 2.05) is 13.8 Å². The highest BCUT2D eigenvalue weighted by Gasteiger charge is 2.32. The van der Waals surface area contributed by atoms with Crippen molar-refractivity contribution >= 4 is 23.9 Å². The highest BCUT2D eigenvalue weighted by molar-refractivity contribution is 6.14. The molecule has 0 radical (unpaired) electrons. The molecular formula is C14H20N2O5. The van der Waals surface area contributed by atoms with Gasteiger partial charge in [0.05, 0.1) is 5.57 Å². The molecule has 4 N–H and O–H groups in total. The van der Waals surface area contributed by atoms with Crippen LogP contribution in [0.2, 0.25) is 0 Å². The van der Waals surface area contributed by atoms with Crippen molar-refractivity contribution in [2.24, 2.45) is 16.1 Å². The number of carboxylic acids is 1. The first-order chi connectivity index (χ1) is 9.62. The van der Waals surface area contributed by atoms with Gasteiger partial charge in [-0.3, -0.25) is 14.6 Å².